The molecule has 0 atom stereocenters. The molecule has 266 valence electrons. The van der Waals surface area contributed by atoms with Crippen LogP contribution >= 0.6 is 11.3 Å². The molecule has 0 spiro atoms. The van der Waals surface area contributed by atoms with E-state index in [2.05, 4.69) is 179 Å². The third-order valence-electron chi connectivity index (χ3n) is 11.2. The molecule has 0 saturated carbocycles. The van der Waals surface area contributed by atoms with Gasteiger partial charge < -0.3 is 4.57 Å². The monoisotopic (exact) mass is 745 g/mol. The standard InChI is InChI=1S/C51H31N5S/c1-3-16-32(17-4-1)34-23-14-29-43-46(34)37-22-9-12-28-42(37)56(43)51-53-49(33-18-5-2-6-19-33)52-50(54-51)39-25-13-24-38-47-44(30-15-31-45(47)57-48(38)39)55-40-26-10-7-20-35(40)36-21-8-11-27-41(36)55/h1-31H. The van der Waals surface area contributed by atoms with E-state index in [0.29, 0.717) is 17.6 Å². The highest BCUT2D eigenvalue weighted by Gasteiger charge is 2.22. The zero-order chi connectivity index (χ0) is 37.5. The predicted octanol–water partition coefficient (Wildman–Crippen LogP) is 13.4. The van der Waals surface area contributed by atoms with Crippen LogP contribution in [-0.2, 0) is 0 Å². The van der Waals surface area contributed by atoms with E-state index in [1.807, 2.05) is 18.2 Å². The number of hydrogen-bond donors (Lipinski definition) is 0. The van der Waals surface area contributed by atoms with Gasteiger partial charge in [-0.2, -0.15) is 9.97 Å². The van der Waals surface area contributed by atoms with Crippen LogP contribution in [0.4, 0.5) is 0 Å². The van der Waals surface area contributed by atoms with E-state index in [0.717, 1.165) is 37.9 Å². The van der Waals surface area contributed by atoms with E-state index in [4.69, 9.17) is 15.0 Å². The number of fused-ring (bicyclic) bond motifs is 9. The Morgan fingerprint density at radius 1 is 0.351 bits per heavy atom. The topological polar surface area (TPSA) is 48.5 Å². The van der Waals surface area contributed by atoms with Crippen LogP contribution in [0.3, 0.4) is 0 Å². The van der Waals surface area contributed by atoms with Crippen LogP contribution in [0.1, 0.15) is 0 Å². The molecule has 0 unspecified atom stereocenters. The molecule has 0 amide bonds. The van der Waals surface area contributed by atoms with Crippen molar-refractivity contribution in [1.29, 1.82) is 0 Å². The maximum absolute atomic E-state index is 5.39. The zero-order valence-corrected chi connectivity index (χ0v) is 31.4. The first kappa shape index (κ1) is 31.9. The van der Waals surface area contributed by atoms with E-state index < -0.39 is 0 Å². The minimum Gasteiger partial charge on any atom is -0.309 e. The van der Waals surface area contributed by atoms with Crippen molar-refractivity contribution in [2.75, 3.05) is 0 Å². The SMILES string of the molecule is c1ccc(-c2nc(-c3cccc4c3sc3cccc(-n5c6ccccc6c6ccccc65)c34)nc(-n3c4ccccc4c4c(-c5ccccc5)cccc43)n2)cc1. The van der Waals surface area contributed by atoms with Crippen LogP contribution in [0.25, 0.3) is 109 Å². The van der Waals surface area contributed by atoms with E-state index in [1.54, 1.807) is 11.3 Å². The van der Waals surface area contributed by atoms with Gasteiger partial charge in [0.05, 0.1) is 27.8 Å². The normalized spacial score (nSPS) is 11.9. The van der Waals surface area contributed by atoms with Gasteiger partial charge in [0.15, 0.2) is 11.6 Å². The third kappa shape index (κ3) is 4.84. The first-order valence-electron chi connectivity index (χ1n) is 19.1. The second-order valence-corrected chi connectivity index (χ2v) is 15.4. The van der Waals surface area contributed by atoms with Crippen molar-refractivity contribution in [3.05, 3.63) is 188 Å². The Bertz CT molecular complexity index is 3470. The molecule has 12 rings (SSSR count). The van der Waals surface area contributed by atoms with Gasteiger partial charge in [0.2, 0.25) is 5.95 Å². The van der Waals surface area contributed by atoms with E-state index in [9.17, 15) is 0 Å². The molecule has 0 aliphatic heterocycles. The number of aromatic nitrogens is 5. The number of thiophene rings is 1. The Balaban J connectivity index is 1.13. The summed E-state index contributed by atoms with van der Waals surface area (Å²) in [4.78, 5) is 15.9. The maximum atomic E-state index is 5.39. The lowest BCUT2D eigenvalue weighted by Gasteiger charge is -2.12. The molecule has 0 radical (unpaired) electrons. The highest BCUT2D eigenvalue weighted by molar-refractivity contribution is 7.26. The van der Waals surface area contributed by atoms with Gasteiger partial charge in [-0.3, -0.25) is 4.57 Å². The molecule has 0 bridgehead atoms. The highest BCUT2D eigenvalue weighted by Crippen LogP contribution is 2.44. The van der Waals surface area contributed by atoms with E-state index >= 15 is 0 Å². The second kappa shape index (κ2) is 12.6. The van der Waals surface area contributed by atoms with Crippen LogP contribution in [0, 0.1) is 0 Å². The molecule has 0 fully saturated rings. The van der Waals surface area contributed by atoms with Gasteiger partial charge in [-0.1, -0.05) is 146 Å². The molecule has 0 aliphatic rings. The summed E-state index contributed by atoms with van der Waals surface area (Å²) < 4.78 is 6.99. The summed E-state index contributed by atoms with van der Waals surface area (Å²) in [5.74, 6) is 1.85. The summed E-state index contributed by atoms with van der Waals surface area (Å²) in [5, 5.41) is 7.22. The Hall–Kier alpha value is -7.41. The molecule has 57 heavy (non-hydrogen) atoms. The number of nitrogens with zero attached hydrogens (tertiary/aromatic N) is 5. The summed E-state index contributed by atoms with van der Waals surface area (Å²) in [6.07, 6.45) is 0. The van der Waals surface area contributed by atoms with Crippen LogP contribution < -0.4 is 0 Å². The maximum Gasteiger partial charge on any atom is 0.238 e. The van der Waals surface area contributed by atoms with Crippen molar-refractivity contribution >= 4 is 75.1 Å². The highest BCUT2D eigenvalue weighted by atomic mass is 32.1. The summed E-state index contributed by atoms with van der Waals surface area (Å²) in [7, 11) is 0. The van der Waals surface area contributed by atoms with Gasteiger partial charge in [-0.15, -0.1) is 11.3 Å². The van der Waals surface area contributed by atoms with Crippen LogP contribution in [-0.4, -0.2) is 24.1 Å². The molecular formula is C51H31N5S. The quantitative estimate of drug-likeness (QED) is 0.176. The fourth-order valence-corrected chi connectivity index (χ4v) is 10.0. The average molecular weight is 746 g/mol. The Kier molecular flexibility index (Phi) is 7.03. The second-order valence-electron chi connectivity index (χ2n) is 14.4. The minimum atomic E-state index is 0.583. The van der Waals surface area contributed by atoms with Gasteiger partial charge in [0, 0.05) is 52.8 Å². The average Bonchev–Trinajstić information content (AvgIpc) is 3.95. The number of hydrogen-bond acceptors (Lipinski definition) is 4. The minimum absolute atomic E-state index is 0.583. The lowest BCUT2D eigenvalue weighted by Crippen LogP contribution is -2.06. The zero-order valence-electron chi connectivity index (χ0n) is 30.5. The Morgan fingerprint density at radius 3 is 1.63 bits per heavy atom. The van der Waals surface area contributed by atoms with E-state index in [1.165, 1.54) is 53.8 Å². The van der Waals surface area contributed by atoms with Gasteiger partial charge in [-0.25, -0.2) is 4.98 Å². The largest absolute Gasteiger partial charge is 0.309 e. The molecular weight excluding hydrogens is 715 g/mol. The summed E-state index contributed by atoms with van der Waals surface area (Å²) >= 11 is 1.79. The van der Waals surface area contributed by atoms with Crippen molar-refractivity contribution in [3.8, 4) is 45.5 Å². The van der Waals surface area contributed by atoms with Crippen LogP contribution in [0.5, 0.6) is 0 Å². The fourth-order valence-electron chi connectivity index (χ4n) is 8.77. The lowest BCUT2D eigenvalue weighted by atomic mass is 9.99. The third-order valence-corrected chi connectivity index (χ3v) is 12.4. The fraction of sp³-hybridized carbons (Fsp3) is 0. The summed E-state index contributed by atoms with van der Waals surface area (Å²) in [6, 6.07) is 66.5. The molecule has 0 aliphatic carbocycles. The van der Waals surface area contributed by atoms with Crippen LogP contribution in [0.2, 0.25) is 0 Å². The van der Waals surface area contributed by atoms with Gasteiger partial charge in [0.25, 0.3) is 0 Å². The van der Waals surface area contributed by atoms with E-state index in [-0.39, 0.29) is 0 Å². The molecule has 0 N–H and O–H groups in total. The first-order chi connectivity index (χ1) is 28.3. The van der Waals surface area contributed by atoms with Gasteiger partial charge in [-0.05, 0) is 53.6 Å². The molecule has 6 heteroatoms. The van der Waals surface area contributed by atoms with Crippen molar-refractivity contribution < 1.29 is 0 Å². The molecule has 4 aromatic heterocycles. The summed E-state index contributed by atoms with van der Waals surface area (Å²) in [5.41, 5.74) is 9.90. The molecule has 4 heterocycles. The number of rotatable bonds is 5. The van der Waals surface area contributed by atoms with Crippen molar-refractivity contribution in [2.24, 2.45) is 0 Å². The molecule has 0 saturated heterocycles. The van der Waals surface area contributed by atoms with Crippen molar-refractivity contribution in [1.82, 2.24) is 24.1 Å². The Labute approximate surface area is 331 Å². The molecule has 8 aromatic carbocycles. The Morgan fingerprint density at radius 2 is 0.895 bits per heavy atom. The van der Waals surface area contributed by atoms with Gasteiger partial charge in [0.1, 0.15) is 0 Å². The molecule has 5 nitrogen and oxygen atoms in total. The molecule has 12 aromatic rings. The van der Waals surface area contributed by atoms with Gasteiger partial charge >= 0.3 is 0 Å². The number of para-hydroxylation sites is 3. The van der Waals surface area contributed by atoms with Crippen molar-refractivity contribution in [2.45, 2.75) is 0 Å². The smallest absolute Gasteiger partial charge is 0.238 e. The predicted molar refractivity (Wildman–Crippen MR) is 238 cm³/mol. The van der Waals surface area contributed by atoms with Crippen molar-refractivity contribution in [3.63, 3.8) is 0 Å². The first-order valence-corrected chi connectivity index (χ1v) is 19.9. The lowest BCUT2D eigenvalue weighted by molar-refractivity contribution is 0.954. The number of benzene rings is 8. The van der Waals surface area contributed by atoms with Crippen LogP contribution in [0.15, 0.2) is 188 Å². The summed E-state index contributed by atoms with van der Waals surface area (Å²) in [6.45, 7) is 0.